The van der Waals surface area contributed by atoms with Crippen LogP contribution < -0.4 is 15.0 Å². The molecule has 3 rings (SSSR count). The number of hydrogen-bond donors (Lipinski definition) is 1. The Kier molecular flexibility index (Phi) is 6.85. The summed E-state index contributed by atoms with van der Waals surface area (Å²) in [6.07, 6.45) is 1.44. The van der Waals surface area contributed by atoms with Gasteiger partial charge in [-0.1, -0.05) is 41.9 Å². The lowest BCUT2D eigenvalue weighted by atomic mass is 10.1. The van der Waals surface area contributed by atoms with E-state index >= 15 is 0 Å². The summed E-state index contributed by atoms with van der Waals surface area (Å²) in [6, 6.07) is 13.6. The van der Waals surface area contributed by atoms with E-state index in [1.165, 1.54) is 0 Å². The smallest absolute Gasteiger partial charge is 0.407 e. The molecular weight excluding hydrogens is 390 g/mol. The van der Waals surface area contributed by atoms with E-state index in [1.807, 2.05) is 57.2 Å². The van der Waals surface area contributed by atoms with Gasteiger partial charge in [-0.15, -0.1) is 0 Å². The van der Waals surface area contributed by atoms with Crippen LogP contribution in [0.4, 0.5) is 10.6 Å². The minimum atomic E-state index is -0.516. The number of ether oxygens (including phenoxy) is 2. The predicted molar refractivity (Wildman–Crippen MR) is 115 cm³/mol. The van der Waals surface area contributed by atoms with Gasteiger partial charge in [0.1, 0.15) is 28.9 Å². The van der Waals surface area contributed by atoms with Crippen molar-refractivity contribution in [2.75, 3.05) is 18.0 Å². The number of nitrogens with zero attached hydrogens (tertiary/aromatic N) is 2. The van der Waals surface area contributed by atoms with E-state index in [2.05, 4.69) is 15.2 Å². The first-order valence-electron chi connectivity index (χ1n) is 9.87. The average Bonchev–Trinajstić information content (AvgIpc) is 2.65. The molecule has 0 saturated carbocycles. The molecule has 2 heterocycles. The van der Waals surface area contributed by atoms with Crippen molar-refractivity contribution in [2.24, 2.45) is 0 Å². The average molecular weight is 418 g/mol. The van der Waals surface area contributed by atoms with Crippen LogP contribution in [0.5, 0.6) is 5.75 Å². The highest BCUT2D eigenvalue weighted by Crippen LogP contribution is 2.26. The third-order valence-corrected chi connectivity index (χ3v) is 4.66. The molecule has 1 fully saturated rings. The van der Waals surface area contributed by atoms with Crippen LogP contribution in [-0.2, 0) is 11.3 Å². The van der Waals surface area contributed by atoms with Gasteiger partial charge < -0.3 is 19.7 Å². The molecule has 1 aliphatic rings. The van der Waals surface area contributed by atoms with E-state index in [-0.39, 0.29) is 6.04 Å². The molecule has 156 valence electrons. The zero-order valence-corrected chi connectivity index (χ0v) is 17.9. The third-order valence-electron chi connectivity index (χ3n) is 4.47. The van der Waals surface area contributed by atoms with Gasteiger partial charge in [0.05, 0.1) is 0 Å². The Bertz CT molecular complexity index is 824. The molecule has 7 heteroatoms. The molecule has 2 aromatic rings. The molecule has 1 atom stereocenters. The summed E-state index contributed by atoms with van der Waals surface area (Å²) < 4.78 is 11.3. The van der Waals surface area contributed by atoms with Crippen LogP contribution in [0, 0.1) is 0 Å². The fourth-order valence-electron chi connectivity index (χ4n) is 3.22. The molecule has 29 heavy (non-hydrogen) atoms. The molecule has 1 aromatic heterocycles. The molecule has 1 saturated heterocycles. The van der Waals surface area contributed by atoms with E-state index in [0.29, 0.717) is 24.1 Å². The summed E-state index contributed by atoms with van der Waals surface area (Å²) in [5.41, 5.74) is 0.569. The minimum absolute atomic E-state index is 0.00642. The molecular formula is C22H28ClN3O3. The second kappa shape index (κ2) is 9.35. The Morgan fingerprint density at radius 3 is 2.76 bits per heavy atom. The van der Waals surface area contributed by atoms with Crippen molar-refractivity contribution in [3.63, 3.8) is 0 Å². The fraction of sp³-hybridized carbons (Fsp3) is 0.455. The van der Waals surface area contributed by atoms with Gasteiger partial charge in [0.2, 0.25) is 0 Å². The lowest BCUT2D eigenvalue weighted by Gasteiger charge is -2.34. The SMILES string of the molecule is CC(C)(C)OC(=O)N[C@@H]1CCCN(c2cc(OCc3ccccc3)cc(Cl)n2)C1. The number of piperidine rings is 1. The molecule has 1 N–H and O–H groups in total. The van der Waals surface area contributed by atoms with E-state index in [4.69, 9.17) is 21.1 Å². The number of carbonyl (C=O) groups excluding carboxylic acids is 1. The number of halogens is 1. The van der Waals surface area contributed by atoms with Gasteiger partial charge in [0.15, 0.2) is 0 Å². The number of alkyl carbamates (subject to hydrolysis) is 1. The zero-order valence-electron chi connectivity index (χ0n) is 17.2. The number of rotatable bonds is 5. The zero-order chi connectivity index (χ0) is 20.9. The maximum absolute atomic E-state index is 12.1. The topological polar surface area (TPSA) is 63.7 Å². The Balaban J connectivity index is 1.63. The normalized spacial score (nSPS) is 17.0. The van der Waals surface area contributed by atoms with Crippen molar-refractivity contribution in [1.82, 2.24) is 10.3 Å². The van der Waals surface area contributed by atoms with E-state index < -0.39 is 11.7 Å². The number of benzene rings is 1. The Labute approximate surface area is 177 Å². The monoisotopic (exact) mass is 417 g/mol. The van der Waals surface area contributed by atoms with Crippen LogP contribution in [0.2, 0.25) is 5.15 Å². The number of hydrogen-bond acceptors (Lipinski definition) is 5. The van der Waals surface area contributed by atoms with Crippen molar-refractivity contribution in [3.05, 3.63) is 53.2 Å². The first-order chi connectivity index (χ1) is 13.8. The van der Waals surface area contributed by atoms with Gasteiger partial charge in [0.25, 0.3) is 0 Å². The highest BCUT2D eigenvalue weighted by Gasteiger charge is 2.25. The lowest BCUT2D eigenvalue weighted by Crippen LogP contribution is -2.49. The highest BCUT2D eigenvalue weighted by molar-refractivity contribution is 6.29. The number of anilines is 1. The van der Waals surface area contributed by atoms with Gasteiger partial charge in [0, 0.05) is 31.3 Å². The summed E-state index contributed by atoms with van der Waals surface area (Å²) in [4.78, 5) is 18.7. The summed E-state index contributed by atoms with van der Waals surface area (Å²) in [5.74, 6) is 1.42. The predicted octanol–water partition coefficient (Wildman–Crippen LogP) is 4.81. The van der Waals surface area contributed by atoms with Gasteiger partial charge in [-0.2, -0.15) is 0 Å². The van der Waals surface area contributed by atoms with Crippen LogP contribution in [-0.4, -0.2) is 35.8 Å². The summed E-state index contributed by atoms with van der Waals surface area (Å²) in [5, 5.41) is 3.34. The third kappa shape index (κ3) is 6.82. The number of nitrogens with one attached hydrogen (secondary N) is 1. The van der Waals surface area contributed by atoms with Crippen molar-refractivity contribution in [1.29, 1.82) is 0 Å². The molecule has 0 radical (unpaired) electrons. The van der Waals surface area contributed by atoms with Gasteiger partial charge in [-0.25, -0.2) is 9.78 Å². The Morgan fingerprint density at radius 2 is 2.03 bits per heavy atom. The molecule has 0 spiro atoms. The van der Waals surface area contributed by atoms with Gasteiger partial charge >= 0.3 is 6.09 Å². The Hall–Kier alpha value is -2.47. The van der Waals surface area contributed by atoms with Crippen molar-refractivity contribution < 1.29 is 14.3 Å². The summed E-state index contributed by atoms with van der Waals surface area (Å²) in [6.45, 7) is 7.51. The molecule has 6 nitrogen and oxygen atoms in total. The maximum Gasteiger partial charge on any atom is 0.407 e. The van der Waals surface area contributed by atoms with Crippen LogP contribution in [0.15, 0.2) is 42.5 Å². The minimum Gasteiger partial charge on any atom is -0.489 e. The van der Waals surface area contributed by atoms with E-state index in [1.54, 1.807) is 6.07 Å². The first-order valence-corrected chi connectivity index (χ1v) is 10.2. The standard InChI is InChI=1S/C22H28ClN3O3/c1-22(2,3)29-21(27)24-17-10-7-11-26(14-17)20-13-18(12-19(23)25-20)28-15-16-8-5-4-6-9-16/h4-6,8-9,12-13,17H,7,10-11,14-15H2,1-3H3,(H,24,27)/t17-/m1/s1. The van der Waals surface area contributed by atoms with E-state index in [9.17, 15) is 4.79 Å². The highest BCUT2D eigenvalue weighted by atomic mass is 35.5. The molecule has 1 amide bonds. The first kappa shape index (κ1) is 21.2. The van der Waals surface area contributed by atoms with Crippen LogP contribution in [0.1, 0.15) is 39.2 Å². The number of amides is 1. The van der Waals surface area contributed by atoms with Gasteiger partial charge in [-0.05, 0) is 39.2 Å². The van der Waals surface area contributed by atoms with Crippen LogP contribution >= 0.6 is 11.6 Å². The number of aromatic nitrogens is 1. The second-order valence-electron chi connectivity index (χ2n) is 8.19. The summed E-state index contributed by atoms with van der Waals surface area (Å²) >= 11 is 6.24. The van der Waals surface area contributed by atoms with Crippen LogP contribution in [0.25, 0.3) is 0 Å². The van der Waals surface area contributed by atoms with Crippen LogP contribution in [0.3, 0.4) is 0 Å². The molecule has 0 aliphatic carbocycles. The Morgan fingerprint density at radius 1 is 1.28 bits per heavy atom. The van der Waals surface area contributed by atoms with E-state index in [0.717, 1.165) is 30.8 Å². The molecule has 0 bridgehead atoms. The molecule has 1 aromatic carbocycles. The largest absolute Gasteiger partial charge is 0.489 e. The molecule has 1 aliphatic heterocycles. The number of carbonyl (C=O) groups is 1. The number of pyridine rings is 1. The molecule has 0 unspecified atom stereocenters. The lowest BCUT2D eigenvalue weighted by molar-refractivity contribution is 0.0500. The van der Waals surface area contributed by atoms with Crippen molar-refractivity contribution in [2.45, 2.75) is 51.9 Å². The van der Waals surface area contributed by atoms with Crippen molar-refractivity contribution >= 4 is 23.5 Å². The fourth-order valence-corrected chi connectivity index (χ4v) is 3.42. The second-order valence-corrected chi connectivity index (χ2v) is 8.58. The van der Waals surface area contributed by atoms with Gasteiger partial charge in [-0.3, -0.25) is 0 Å². The maximum atomic E-state index is 12.1. The van der Waals surface area contributed by atoms with Crippen molar-refractivity contribution in [3.8, 4) is 5.75 Å². The quantitative estimate of drug-likeness (QED) is 0.707. The summed E-state index contributed by atoms with van der Waals surface area (Å²) in [7, 11) is 0.